The molecule has 1 amide bonds. The number of carbonyl (C=O) groups excluding carboxylic acids is 1. The zero-order valence-corrected chi connectivity index (χ0v) is 25.4. The van der Waals surface area contributed by atoms with Gasteiger partial charge in [0, 0.05) is 35.3 Å². The second-order valence-corrected chi connectivity index (χ2v) is 10.6. The van der Waals surface area contributed by atoms with E-state index in [1.165, 1.54) is 21.3 Å². The maximum absolute atomic E-state index is 14.1. The Bertz CT molecular complexity index is 1820. The van der Waals surface area contributed by atoms with E-state index in [1.807, 2.05) is 30.3 Å². The molecule has 2 heterocycles. The van der Waals surface area contributed by atoms with E-state index in [4.69, 9.17) is 30.3 Å². The van der Waals surface area contributed by atoms with E-state index in [0.29, 0.717) is 67.6 Å². The van der Waals surface area contributed by atoms with Gasteiger partial charge < -0.3 is 24.1 Å². The Morgan fingerprint density at radius 3 is 2.40 bits per heavy atom. The third kappa shape index (κ3) is 6.03. The Balaban J connectivity index is 1.50. The Morgan fingerprint density at radius 1 is 0.953 bits per heavy atom. The normalized spacial score (nSPS) is 11.2. The van der Waals surface area contributed by atoms with Gasteiger partial charge in [0.2, 0.25) is 11.7 Å². The molecule has 0 spiro atoms. The van der Waals surface area contributed by atoms with Crippen molar-refractivity contribution in [1.29, 1.82) is 0 Å². The van der Waals surface area contributed by atoms with Gasteiger partial charge >= 0.3 is 0 Å². The number of aryl methyl sites for hydroxylation is 1. The highest BCUT2D eigenvalue weighted by Crippen LogP contribution is 2.40. The fraction of sp³-hybridized carbons (Fsp3) is 0.303. The van der Waals surface area contributed by atoms with Crippen LogP contribution in [0.4, 0.5) is 5.69 Å². The minimum absolute atomic E-state index is 0.0656. The maximum atomic E-state index is 14.1. The number of fused-ring (bicyclic) bond motifs is 3. The number of rotatable bonds is 12. The minimum atomic E-state index is -0.254. The summed E-state index contributed by atoms with van der Waals surface area (Å²) in [6, 6.07) is 16.1. The van der Waals surface area contributed by atoms with E-state index < -0.39 is 0 Å². The number of carbonyl (C=O) groups is 1. The molecule has 0 atom stereocenters. The van der Waals surface area contributed by atoms with Gasteiger partial charge in [0.1, 0.15) is 16.7 Å². The van der Waals surface area contributed by atoms with Gasteiger partial charge in [-0.15, -0.1) is 0 Å². The molecule has 0 fully saturated rings. The zero-order valence-electron chi connectivity index (χ0n) is 24.7. The first kappa shape index (κ1) is 30.0. The zero-order chi connectivity index (χ0) is 30.5. The summed E-state index contributed by atoms with van der Waals surface area (Å²) in [5, 5.41) is 8.73. The number of unbranched alkanes of at least 4 members (excludes halogenated alkanes) is 3. The van der Waals surface area contributed by atoms with Crippen molar-refractivity contribution >= 4 is 45.0 Å². The Labute approximate surface area is 254 Å². The lowest BCUT2D eigenvalue weighted by Crippen LogP contribution is -2.20. The molecule has 5 aromatic rings. The van der Waals surface area contributed by atoms with Crippen molar-refractivity contribution in [1.82, 2.24) is 9.72 Å². The molecular weight excluding hydrogens is 570 g/mol. The number of aromatic nitrogens is 2. The standard InChI is InChI=1S/C33H34ClN3O6/c1-5-6-7-8-15-25-30-31(36-43-25)29-23(34)13-10-14-24(29)37(33(30)39)22-12-9-11-20(16-22)17-28(38)35-21-18-26(40-2)32(42-4)27(19-21)41-3/h9-14,16,18-19H,5-8,15,17H2,1-4H3,(H,35,38). The Morgan fingerprint density at radius 2 is 1.70 bits per heavy atom. The molecule has 224 valence electrons. The number of pyridine rings is 1. The summed E-state index contributed by atoms with van der Waals surface area (Å²) in [5.74, 6) is 1.60. The summed E-state index contributed by atoms with van der Waals surface area (Å²) >= 11 is 6.67. The number of halogens is 1. The molecule has 0 saturated carbocycles. The van der Waals surface area contributed by atoms with Crippen LogP contribution in [-0.4, -0.2) is 37.0 Å². The van der Waals surface area contributed by atoms with E-state index in [9.17, 15) is 9.59 Å². The second kappa shape index (κ2) is 13.2. The largest absolute Gasteiger partial charge is 0.493 e. The molecule has 0 aliphatic rings. The van der Waals surface area contributed by atoms with Crippen LogP contribution in [0.25, 0.3) is 27.5 Å². The molecule has 0 aliphatic carbocycles. The summed E-state index contributed by atoms with van der Waals surface area (Å²) < 4.78 is 23.5. The van der Waals surface area contributed by atoms with Gasteiger partial charge in [0.15, 0.2) is 11.5 Å². The topological polar surface area (TPSA) is 105 Å². The van der Waals surface area contributed by atoms with E-state index in [-0.39, 0.29) is 17.9 Å². The quantitative estimate of drug-likeness (QED) is 0.151. The summed E-state index contributed by atoms with van der Waals surface area (Å²) in [6.07, 6.45) is 4.85. The van der Waals surface area contributed by atoms with Crippen LogP contribution < -0.4 is 25.1 Å². The number of anilines is 1. The molecule has 0 bridgehead atoms. The van der Waals surface area contributed by atoms with Gasteiger partial charge in [-0.2, -0.15) is 0 Å². The number of nitrogens with one attached hydrogen (secondary N) is 1. The first-order chi connectivity index (χ1) is 20.9. The highest BCUT2D eigenvalue weighted by Gasteiger charge is 2.22. The lowest BCUT2D eigenvalue weighted by Gasteiger charge is -2.15. The number of hydrogen-bond acceptors (Lipinski definition) is 7. The van der Waals surface area contributed by atoms with Crippen molar-refractivity contribution in [2.75, 3.05) is 26.6 Å². The molecule has 2 aromatic heterocycles. The fourth-order valence-electron chi connectivity index (χ4n) is 5.36. The van der Waals surface area contributed by atoms with Crippen LogP contribution in [0, 0.1) is 0 Å². The van der Waals surface area contributed by atoms with Gasteiger partial charge in [-0.1, -0.05) is 61.1 Å². The van der Waals surface area contributed by atoms with Crippen molar-refractivity contribution in [3.63, 3.8) is 0 Å². The predicted octanol–water partition coefficient (Wildman–Crippen LogP) is 7.12. The van der Waals surface area contributed by atoms with E-state index >= 15 is 0 Å². The highest BCUT2D eigenvalue weighted by molar-refractivity contribution is 6.37. The number of methoxy groups -OCH3 is 3. The van der Waals surface area contributed by atoms with Crippen LogP contribution in [0.1, 0.15) is 43.9 Å². The lowest BCUT2D eigenvalue weighted by atomic mass is 10.1. The van der Waals surface area contributed by atoms with E-state index in [2.05, 4.69) is 17.4 Å². The van der Waals surface area contributed by atoms with Gasteiger partial charge in [0.25, 0.3) is 5.56 Å². The van der Waals surface area contributed by atoms with Crippen LogP contribution in [0.15, 0.2) is 63.9 Å². The van der Waals surface area contributed by atoms with Crippen molar-refractivity contribution in [3.8, 4) is 22.9 Å². The monoisotopic (exact) mass is 603 g/mol. The average Bonchev–Trinajstić information content (AvgIpc) is 3.43. The van der Waals surface area contributed by atoms with Gasteiger partial charge in [-0.3, -0.25) is 14.2 Å². The minimum Gasteiger partial charge on any atom is -0.493 e. The smallest absolute Gasteiger partial charge is 0.268 e. The third-order valence-electron chi connectivity index (χ3n) is 7.39. The summed E-state index contributed by atoms with van der Waals surface area (Å²) in [5.41, 5.74) is 2.65. The van der Waals surface area contributed by atoms with Crippen LogP contribution in [0.2, 0.25) is 5.02 Å². The van der Waals surface area contributed by atoms with Crippen LogP contribution in [0.5, 0.6) is 17.2 Å². The fourth-order valence-corrected chi connectivity index (χ4v) is 5.62. The molecule has 1 N–H and O–H groups in total. The summed E-state index contributed by atoms with van der Waals surface area (Å²) in [6.45, 7) is 2.15. The number of amides is 1. The van der Waals surface area contributed by atoms with Crippen molar-refractivity contribution in [3.05, 3.63) is 81.3 Å². The number of ether oxygens (including phenoxy) is 3. The van der Waals surface area contributed by atoms with Gasteiger partial charge in [0.05, 0.1) is 38.3 Å². The molecule has 0 unspecified atom stereocenters. The summed E-state index contributed by atoms with van der Waals surface area (Å²) in [7, 11) is 4.54. The van der Waals surface area contributed by atoms with E-state index in [1.54, 1.807) is 28.8 Å². The molecule has 0 radical (unpaired) electrons. The van der Waals surface area contributed by atoms with Crippen LogP contribution >= 0.6 is 11.6 Å². The van der Waals surface area contributed by atoms with Gasteiger partial charge in [-0.05, 0) is 36.2 Å². The van der Waals surface area contributed by atoms with Crippen LogP contribution in [0.3, 0.4) is 0 Å². The van der Waals surface area contributed by atoms with Crippen molar-refractivity contribution < 1.29 is 23.5 Å². The molecule has 0 aliphatic heterocycles. The summed E-state index contributed by atoms with van der Waals surface area (Å²) in [4.78, 5) is 27.2. The van der Waals surface area contributed by atoms with E-state index in [0.717, 1.165) is 31.2 Å². The third-order valence-corrected chi connectivity index (χ3v) is 7.70. The lowest BCUT2D eigenvalue weighted by molar-refractivity contribution is -0.115. The molecule has 0 saturated heterocycles. The number of hydrogen-bond donors (Lipinski definition) is 1. The molecule has 3 aromatic carbocycles. The molecule has 43 heavy (non-hydrogen) atoms. The molecule has 9 nitrogen and oxygen atoms in total. The Hall–Kier alpha value is -4.50. The van der Waals surface area contributed by atoms with Crippen molar-refractivity contribution in [2.45, 2.75) is 45.4 Å². The Kier molecular flexibility index (Phi) is 9.21. The predicted molar refractivity (Wildman–Crippen MR) is 168 cm³/mol. The van der Waals surface area contributed by atoms with Gasteiger partial charge in [-0.25, -0.2) is 0 Å². The van der Waals surface area contributed by atoms with Crippen molar-refractivity contribution in [2.24, 2.45) is 0 Å². The maximum Gasteiger partial charge on any atom is 0.268 e. The average molecular weight is 604 g/mol. The molecule has 10 heteroatoms. The van der Waals surface area contributed by atoms with Crippen LogP contribution in [-0.2, 0) is 17.6 Å². The first-order valence-corrected chi connectivity index (χ1v) is 14.6. The highest BCUT2D eigenvalue weighted by atomic mass is 35.5. The molecule has 5 rings (SSSR count). The SMILES string of the molecule is CCCCCCc1onc2c1c(=O)n(-c1cccc(CC(=O)Nc3cc(OC)c(OC)c(OC)c3)c1)c1cccc(Cl)c21. The number of benzene rings is 3. The first-order valence-electron chi connectivity index (χ1n) is 14.2. The molecular formula is C33H34ClN3O6. The number of nitrogens with zero attached hydrogens (tertiary/aromatic N) is 2. The second-order valence-electron chi connectivity index (χ2n) is 10.2.